The predicted molar refractivity (Wildman–Crippen MR) is 92.0 cm³/mol. The molecule has 0 unspecified atom stereocenters. The Hall–Kier alpha value is -2.44. The SMILES string of the molecule is COCOc1ccccc1-c1cc2c3c([nH]c2nn1)CCN[C@H]3C. The summed E-state index contributed by atoms with van der Waals surface area (Å²) in [6.07, 6.45) is 0.985. The highest BCUT2D eigenvalue weighted by molar-refractivity contribution is 5.86. The number of nitrogens with zero attached hydrogens (tertiary/aromatic N) is 2. The van der Waals surface area contributed by atoms with Crippen molar-refractivity contribution in [1.29, 1.82) is 0 Å². The minimum atomic E-state index is 0.202. The largest absolute Gasteiger partial charge is 0.467 e. The van der Waals surface area contributed by atoms with Crippen LogP contribution in [0.15, 0.2) is 30.3 Å². The van der Waals surface area contributed by atoms with Crippen molar-refractivity contribution >= 4 is 11.0 Å². The van der Waals surface area contributed by atoms with Gasteiger partial charge in [0.05, 0.1) is 5.69 Å². The molecule has 2 aromatic heterocycles. The number of fused-ring (bicyclic) bond motifs is 3. The molecule has 0 saturated heterocycles. The van der Waals surface area contributed by atoms with Crippen LogP contribution in [0.25, 0.3) is 22.3 Å². The van der Waals surface area contributed by atoms with Gasteiger partial charge in [-0.3, -0.25) is 0 Å². The number of aromatic amines is 1. The van der Waals surface area contributed by atoms with Gasteiger partial charge in [0.2, 0.25) is 0 Å². The molecule has 0 bridgehead atoms. The molecule has 1 aliphatic rings. The maximum absolute atomic E-state index is 5.66. The van der Waals surface area contributed by atoms with E-state index >= 15 is 0 Å². The van der Waals surface area contributed by atoms with Crippen molar-refractivity contribution in [3.05, 3.63) is 41.6 Å². The smallest absolute Gasteiger partial charge is 0.188 e. The van der Waals surface area contributed by atoms with Crippen molar-refractivity contribution in [2.75, 3.05) is 20.4 Å². The van der Waals surface area contributed by atoms with Crippen molar-refractivity contribution in [2.45, 2.75) is 19.4 Å². The lowest BCUT2D eigenvalue weighted by atomic mass is 9.99. The number of hydrogen-bond donors (Lipinski definition) is 2. The fourth-order valence-corrected chi connectivity index (χ4v) is 3.33. The summed E-state index contributed by atoms with van der Waals surface area (Å²) in [6.45, 7) is 3.36. The Morgan fingerprint density at radius 1 is 1.25 bits per heavy atom. The highest BCUT2D eigenvalue weighted by atomic mass is 16.7. The van der Waals surface area contributed by atoms with E-state index in [9.17, 15) is 0 Å². The monoisotopic (exact) mass is 324 g/mol. The van der Waals surface area contributed by atoms with E-state index in [0.717, 1.165) is 41.0 Å². The molecule has 0 spiro atoms. The summed E-state index contributed by atoms with van der Waals surface area (Å²) in [6, 6.07) is 10.2. The van der Waals surface area contributed by atoms with E-state index in [1.54, 1.807) is 7.11 Å². The van der Waals surface area contributed by atoms with Gasteiger partial charge in [-0.25, -0.2) is 0 Å². The lowest BCUT2D eigenvalue weighted by molar-refractivity contribution is 0.0515. The first kappa shape index (κ1) is 15.1. The van der Waals surface area contributed by atoms with Crippen molar-refractivity contribution in [2.24, 2.45) is 0 Å². The Balaban J connectivity index is 1.82. The molecule has 2 N–H and O–H groups in total. The summed E-state index contributed by atoms with van der Waals surface area (Å²) >= 11 is 0. The summed E-state index contributed by atoms with van der Waals surface area (Å²) in [5, 5.41) is 13.4. The summed E-state index contributed by atoms with van der Waals surface area (Å²) in [4.78, 5) is 3.41. The molecule has 1 aromatic carbocycles. The molecule has 0 radical (unpaired) electrons. The molecule has 0 fully saturated rings. The van der Waals surface area contributed by atoms with E-state index in [4.69, 9.17) is 9.47 Å². The van der Waals surface area contributed by atoms with E-state index in [2.05, 4.69) is 33.5 Å². The Morgan fingerprint density at radius 2 is 2.12 bits per heavy atom. The van der Waals surface area contributed by atoms with Crippen LogP contribution in [0.3, 0.4) is 0 Å². The highest BCUT2D eigenvalue weighted by Crippen LogP contribution is 2.34. The van der Waals surface area contributed by atoms with Crippen LogP contribution in [0.1, 0.15) is 24.2 Å². The maximum atomic E-state index is 5.66. The second kappa shape index (κ2) is 6.22. The zero-order chi connectivity index (χ0) is 16.5. The molecule has 6 nitrogen and oxygen atoms in total. The van der Waals surface area contributed by atoms with Gasteiger partial charge in [0.15, 0.2) is 12.4 Å². The first-order chi connectivity index (χ1) is 11.8. The number of benzene rings is 1. The molecule has 124 valence electrons. The minimum absolute atomic E-state index is 0.202. The van der Waals surface area contributed by atoms with Crippen LogP contribution < -0.4 is 10.1 Å². The zero-order valence-electron chi connectivity index (χ0n) is 13.8. The standard InChI is InChI=1S/C18H20N4O2/c1-11-17-13-9-15(12-5-3-4-6-16(12)24-10-23-2)21-22-18(13)20-14(17)7-8-19-11/h3-6,9,11,19H,7-8,10H2,1-2H3,(H,20,22)/t11-/m0/s1. The van der Waals surface area contributed by atoms with Crippen LogP contribution in [-0.2, 0) is 11.2 Å². The molecule has 0 saturated carbocycles. The normalized spacial score (nSPS) is 17.0. The van der Waals surface area contributed by atoms with Crippen molar-refractivity contribution in [3.8, 4) is 17.0 Å². The molecule has 6 heteroatoms. The predicted octanol–water partition coefficient (Wildman–Crippen LogP) is 2.81. The van der Waals surface area contributed by atoms with Crippen LogP contribution in [0.5, 0.6) is 5.75 Å². The molecule has 3 aromatic rings. The highest BCUT2D eigenvalue weighted by Gasteiger charge is 2.22. The van der Waals surface area contributed by atoms with Crippen molar-refractivity contribution < 1.29 is 9.47 Å². The first-order valence-corrected chi connectivity index (χ1v) is 8.10. The van der Waals surface area contributed by atoms with E-state index in [1.165, 1.54) is 11.3 Å². The molecular formula is C18H20N4O2. The lowest BCUT2D eigenvalue weighted by Gasteiger charge is -2.20. The van der Waals surface area contributed by atoms with Crippen LogP contribution in [0.4, 0.5) is 0 Å². The summed E-state index contributed by atoms with van der Waals surface area (Å²) in [5.74, 6) is 0.739. The van der Waals surface area contributed by atoms with Crippen molar-refractivity contribution in [3.63, 3.8) is 0 Å². The number of hydrogen-bond acceptors (Lipinski definition) is 5. The fourth-order valence-electron chi connectivity index (χ4n) is 3.33. The van der Waals surface area contributed by atoms with Gasteiger partial charge in [0.1, 0.15) is 5.75 Å². The lowest BCUT2D eigenvalue weighted by Crippen LogP contribution is -2.27. The minimum Gasteiger partial charge on any atom is -0.467 e. The third-order valence-electron chi connectivity index (χ3n) is 4.43. The molecule has 24 heavy (non-hydrogen) atoms. The molecule has 3 heterocycles. The van der Waals surface area contributed by atoms with Gasteiger partial charge in [-0.2, -0.15) is 0 Å². The van der Waals surface area contributed by atoms with Crippen LogP contribution in [0.2, 0.25) is 0 Å². The quantitative estimate of drug-likeness (QED) is 0.722. The van der Waals surface area contributed by atoms with E-state index in [-0.39, 0.29) is 6.79 Å². The van der Waals surface area contributed by atoms with Gasteiger partial charge in [0.25, 0.3) is 0 Å². The number of methoxy groups -OCH3 is 1. The zero-order valence-corrected chi connectivity index (χ0v) is 13.8. The van der Waals surface area contributed by atoms with Gasteiger partial charge >= 0.3 is 0 Å². The molecule has 1 aliphatic heterocycles. The summed E-state index contributed by atoms with van der Waals surface area (Å²) < 4.78 is 10.7. The number of para-hydroxylation sites is 1. The van der Waals surface area contributed by atoms with E-state index < -0.39 is 0 Å². The Labute approximate surface area is 140 Å². The second-order valence-corrected chi connectivity index (χ2v) is 5.98. The number of aromatic nitrogens is 3. The van der Waals surface area contributed by atoms with Gasteiger partial charge in [-0.1, -0.05) is 12.1 Å². The number of ether oxygens (including phenoxy) is 2. The average Bonchev–Trinajstić information content (AvgIpc) is 2.99. The first-order valence-electron chi connectivity index (χ1n) is 8.10. The third-order valence-corrected chi connectivity index (χ3v) is 4.43. The number of rotatable bonds is 4. The maximum Gasteiger partial charge on any atom is 0.188 e. The van der Waals surface area contributed by atoms with E-state index in [1.807, 2.05) is 24.3 Å². The van der Waals surface area contributed by atoms with Gasteiger partial charge in [0, 0.05) is 42.8 Å². The molecule has 4 rings (SSSR count). The van der Waals surface area contributed by atoms with Crippen LogP contribution in [0, 0.1) is 0 Å². The van der Waals surface area contributed by atoms with Gasteiger partial charge < -0.3 is 19.8 Å². The van der Waals surface area contributed by atoms with Gasteiger partial charge in [-0.15, -0.1) is 10.2 Å². The molecule has 0 amide bonds. The van der Waals surface area contributed by atoms with Crippen LogP contribution >= 0.6 is 0 Å². The van der Waals surface area contributed by atoms with E-state index in [0.29, 0.717) is 6.04 Å². The summed E-state index contributed by atoms with van der Waals surface area (Å²) in [7, 11) is 1.61. The van der Waals surface area contributed by atoms with Gasteiger partial charge in [-0.05, 0) is 30.7 Å². The molecular weight excluding hydrogens is 304 g/mol. The van der Waals surface area contributed by atoms with Crippen molar-refractivity contribution in [1.82, 2.24) is 20.5 Å². The second-order valence-electron chi connectivity index (χ2n) is 5.98. The Bertz CT molecular complexity index is 875. The third kappa shape index (κ3) is 2.53. The molecule has 0 aliphatic carbocycles. The fraction of sp³-hybridized carbons (Fsp3) is 0.333. The number of nitrogens with one attached hydrogen (secondary N) is 2. The average molecular weight is 324 g/mol. The summed E-state index contributed by atoms with van der Waals surface area (Å²) in [5.41, 5.74) is 5.10. The topological polar surface area (TPSA) is 72.1 Å². The van der Waals surface area contributed by atoms with Crippen LogP contribution in [-0.4, -0.2) is 35.6 Å². The Morgan fingerprint density at radius 3 is 3.00 bits per heavy atom. The molecule has 1 atom stereocenters. The number of H-pyrrole nitrogens is 1. The Kier molecular flexibility index (Phi) is 3.92.